The van der Waals surface area contributed by atoms with Gasteiger partial charge in [-0.05, 0) is 23.8 Å². The molecule has 0 radical (unpaired) electrons. The van der Waals surface area contributed by atoms with Gasteiger partial charge in [-0.1, -0.05) is 12.1 Å². The number of nitrogens with zero attached hydrogens (tertiary/aromatic N) is 2. The van der Waals surface area contributed by atoms with E-state index in [1.165, 1.54) is 29.4 Å². The first-order valence-corrected chi connectivity index (χ1v) is 5.77. The van der Waals surface area contributed by atoms with Gasteiger partial charge in [0.05, 0.1) is 17.4 Å². The molecule has 2 aromatic rings. The minimum absolute atomic E-state index is 0.191. The van der Waals surface area contributed by atoms with Crippen molar-refractivity contribution in [3.63, 3.8) is 0 Å². The van der Waals surface area contributed by atoms with Gasteiger partial charge in [0.1, 0.15) is 5.82 Å². The maximum Gasteiger partial charge on any atom is 0.256 e. The minimum atomic E-state index is -0.295. The third-order valence-corrected chi connectivity index (χ3v) is 2.76. The Balaban J connectivity index is 2.12. The number of nitrogen functional groups attached to an aromatic ring is 1. The highest BCUT2D eigenvalue weighted by molar-refractivity contribution is 5.98. The minimum Gasteiger partial charge on any atom is -0.397 e. The van der Waals surface area contributed by atoms with Crippen LogP contribution in [0.25, 0.3) is 0 Å². The summed E-state index contributed by atoms with van der Waals surface area (Å²) in [5.74, 6) is -0.486. The van der Waals surface area contributed by atoms with Crippen molar-refractivity contribution in [3.05, 3.63) is 59.7 Å². The number of hydrogen-bond acceptors (Lipinski definition) is 3. The normalized spacial score (nSPS) is 10.2. The van der Waals surface area contributed by atoms with E-state index in [1.54, 1.807) is 25.2 Å². The van der Waals surface area contributed by atoms with E-state index in [9.17, 15) is 9.18 Å². The van der Waals surface area contributed by atoms with Gasteiger partial charge in [-0.3, -0.25) is 9.78 Å². The summed E-state index contributed by atoms with van der Waals surface area (Å²) in [6, 6.07) is 7.62. The van der Waals surface area contributed by atoms with E-state index < -0.39 is 0 Å². The number of anilines is 1. The summed E-state index contributed by atoms with van der Waals surface area (Å²) >= 11 is 0. The molecule has 0 saturated carbocycles. The number of aromatic nitrogens is 1. The van der Waals surface area contributed by atoms with Crippen molar-refractivity contribution in [2.45, 2.75) is 6.54 Å². The van der Waals surface area contributed by atoms with Crippen LogP contribution in [0.5, 0.6) is 0 Å². The van der Waals surface area contributed by atoms with Crippen LogP contribution < -0.4 is 5.73 Å². The van der Waals surface area contributed by atoms with Crippen molar-refractivity contribution in [2.24, 2.45) is 0 Å². The standard InChI is InChI=1S/C14H14FN3O/c1-18(9-10-2-4-11(15)5-3-10)14(19)12-6-7-17-8-13(12)16/h2-8H,9,16H2,1H3. The van der Waals surface area contributed by atoms with Crippen molar-refractivity contribution in [2.75, 3.05) is 12.8 Å². The van der Waals surface area contributed by atoms with Crippen molar-refractivity contribution in [3.8, 4) is 0 Å². The average Bonchev–Trinajstić information content (AvgIpc) is 2.41. The lowest BCUT2D eigenvalue weighted by molar-refractivity contribution is 0.0786. The topological polar surface area (TPSA) is 59.2 Å². The summed E-state index contributed by atoms with van der Waals surface area (Å²) in [5, 5.41) is 0. The van der Waals surface area contributed by atoms with Crippen LogP contribution in [0.3, 0.4) is 0 Å². The maximum atomic E-state index is 12.8. The molecule has 0 unspecified atom stereocenters. The Morgan fingerprint density at radius 2 is 2.00 bits per heavy atom. The highest BCUT2D eigenvalue weighted by Gasteiger charge is 2.14. The fraction of sp³-hybridized carbons (Fsp3) is 0.143. The number of halogens is 1. The first kappa shape index (κ1) is 13.0. The first-order valence-electron chi connectivity index (χ1n) is 5.77. The van der Waals surface area contributed by atoms with Gasteiger partial charge in [0.15, 0.2) is 0 Å². The van der Waals surface area contributed by atoms with Crippen LogP contribution in [0, 0.1) is 5.82 Å². The monoisotopic (exact) mass is 259 g/mol. The second-order valence-electron chi connectivity index (χ2n) is 4.25. The second-order valence-corrected chi connectivity index (χ2v) is 4.25. The smallest absolute Gasteiger partial charge is 0.256 e. The Labute approximate surface area is 110 Å². The summed E-state index contributed by atoms with van der Waals surface area (Å²) in [4.78, 5) is 17.6. The molecule has 0 aliphatic carbocycles. The predicted molar refractivity (Wildman–Crippen MR) is 70.8 cm³/mol. The molecule has 0 atom stereocenters. The van der Waals surface area contributed by atoms with Gasteiger partial charge in [0, 0.05) is 19.8 Å². The Morgan fingerprint density at radius 3 is 2.63 bits per heavy atom. The van der Waals surface area contributed by atoms with Crippen LogP contribution in [0.1, 0.15) is 15.9 Å². The van der Waals surface area contributed by atoms with Crippen LogP contribution in [0.15, 0.2) is 42.7 Å². The van der Waals surface area contributed by atoms with Gasteiger partial charge >= 0.3 is 0 Å². The summed E-state index contributed by atoms with van der Waals surface area (Å²) in [6.07, 6.45) is 2.97. The molecule has 19 heavy (non-hydrogen) atoms. The van der Waals surface area contributed by atoms with Gasteiger partial charge in [0.2, 0.25) is 0 Å². The SMILES string of the molecule is CN(Cc1ccc(F)cc1)C(=O)c1ccncc1N. The Bertz CT molecular complexity index is 583. The molecule has 2 N–H and O–H groups in total. The summed E-state index contributed by atoms with van der Waals surface area (Å²) in [5.41, 5.74) is 7.33. The summed E-state index contributed by atoms with van der Waals surface area (Å²) in [6.45, 7) is 0.390. The number of carbonyl (C=O) groups excluding carboxylic acids is 1. The molecule has 0 bridgehead atoms. The predicted octanol–water partition coefficient (Wildman–Crippen LogP) is 2.08. The zero-order chi connectivity index (χ0) is 13.8. The van der Waals surface area contributed by atoms with E-state index in [4.69, 9.17) is 5.73 Å². The number of nitrogens with two attached hydrogens (primary N) is 1. The first-order chi connectivity index (χ1) is 9.08. The van der Waals surface area contributed by atoms with E-state index in [2.05, 4.69) is 4.98 Å². The van der Waals surface area contributed by atoms with Crippen LogP contribution in [0.4, 0.5) is 10.1 Å². The number of amides is 1. The molecule has 1 heterocycles. The molecule has 0 saturated heterocycles. The Hall–Kier alpha value is -2.43. The number of benzene rings is 1. The lowest BCUT2D eigenvalue weighted by Gasteiger charge is -2.18. The molecule has 2 rings (SSSR count). The maximum absolute atomic E-state index is 12.8. The number of pyridine rings is 1. The quantitative estimate of drug-likeness (QED) is 0.918. The fourth-order valence-corrected chi connectivity index (χ4v) is 1.74. The Morgan fingerprint density at radius 1 is 1.32 bits per heavy atom. The number of carbonyl (C=O) groups is 1. The van der Waals surface area contributed by atoms with Crippen LogP contribution >= 0.6 is 0 Å². The lowest BCUT2D eigenvalue weighted by atomic mass is 10.1. The van der Waals surface area contributed by atoms with Gasteiger partial charge in [0.25, 0.3) is 5.91 Å². The van der Waals surface area contributed by atoms with E-state index in [0.29, 0.717) is 17.8 Å². The number of hydrogen-bond donors (Lipinski definition) is 1. The van der Waals surface area contributed by atoms with Crippen LogP contribution in [0.2, 0.25) is 0 Å². The molecular weight excluding hydrogens is 245 g/mol. The molecule has 5 heteroatoms. The molecule has 1 amide bonds. The number of rotatable bonds is 3. The molecule has 4 nitrogen and oxygen atoms in total. The third kappa shape index (κ3) is 3.07. The molecular formula is C14H14FN3O. The summed E-state index contributed by atoms with van der Waals surface area (Å²) < 4.78 is 12.8. The van der Waals surface area contributed by atoms with Gasteiger partial charge < -0.3 is 10.6 Å². The van der Waals surface area contributed by atoms with E-state index >= 15 is 0 Å². The zero-order valence-electron chi connectivity index (χ0n) is 10.5. The van der Waals surface area contributed by atoms with E-state index in [1.807, 2.05) is 0 Å². The van der Waals surface area contributed by atoms with Gasteiger partial charge in [-0.25, -0.2) is 4.39 Å². The van der Waals surface area contributed by atoms with Crippen molar-refractivity contribution >= 4 is 11.6 Å². The molecule has 0 spiro atoms. The van der Waals surface area contributed by atoms with E-state index in [-0.39, 0.29) is 11.7 Å². The third-order valence-electron chi connectivity index (χ3n) is 2.76. The fourth-order valence-electron chi connectivity index (χ4n) is 1.74. The zero-order valence-corrected chi connectivity index (χ0v) is 10.5. The molecule has 0 aliphatic rings. The highest BCUT2D eigenvalue weighted by Crippen LogP contribution is 2.13. The van der Waals surface area contributed by atoms with Crippen molar-refractivity contribution in [1.29, 1.82) is 0 Å². The van der Waals surface area contributed by atoms with E-state index in [0.717, 1.165) is 5.56 Å². The molecule has 0 aliphatic heterocycles. The van der Waals surface area contributed by atoms with Crippen LogP contribution in [-0.4, -0.2) is 22.8 Å². The highest BCUT2D eigenvalue weighted by atomic mass is 19.1. The largest absolute Gasteiger partial charge is 0.397 e. The average molecular weight is 259 g/mol. The van der Waals surface area contributed by atoms with Crippen molar-refractivity contribution in [1.82, 2.24) is 9.88 Å². The van der Waals surface area contributed by atoms with Crippen LogP contribution in [-0.2, 0) is 6.54 Å². The van der Waals surface area contributed by atoms with Gasteiger partial charge in [-0.15, -0.1) is 0 Å². The van der Waals surface area contributed by atoms with Gasteiger partial charge in [-0.2, -0.15) is 0 Å². The summed E-state index contributed by atoms with van der Waals surface area (Å²) in [7, 11) is 1.67. The second kappa shape index (κ2) is 5.48. The van der Waals surface area contributed by atoms with Crippen molar-refractivity contribution < 1.29 is 9.18 Å². The molecule has 98 valence electrons. The lowest BCUT2D eigenvalue weighted by Crippen LogP contribution is -2.27. The molecule has 1 aromatic heterocycles. The molecule has 1 aromatic carbocycles. The molecule has 0 fully saturated rings. The Kier molecular flexibility index (Phi) is 3.75.